The van der Waals surface area contributed by atoms with Crippen molar-refractivity contribution in [1.29, 1.82) is 0 Å². The summed E-state index contributed by atoms with van der Waals surface area (Å²) >= 11 is 0. The topological polar surface area (TPSA) is 96.0 Å². The van der Waals surface area contributed by atoms with Crippen LogP contribution in [-0.2, 0) is 9.53 Å². The van der Waals surface area contributed by atoms with Crippen molar-refractivity contribution in [2.75, 3.05) is 29.9 Å². The van der Waals surface area contributed by atoms with E-state index in [1.54, 1.807) is 48.5 Å². The first-order valence-electron chi connectivity index (χ1n) is 8.34. The molecule has 2 aliphatic heterocycles. The molecule has 0 aromatic heterocycles. The maximum absolute atomic E-state index is 12.3. The number of imide groups is 1. The molecule has 136 valence electrons. The summed E-state index contributed by atoms with van der Waals surface area (Å²) in [5, 5.41) is 2.65. The van der Waals surface area contributed by atoms with Crippen molar-refractivity contribution in [2.45, 2.75) is 0 Å². The SMILES string of the molecule is O=C(CN1C(=O)c2ccccc2C1=O)Nc1ccc(N2CCOC2=O)cc1. The first kappa shape index (κ1) is 16.8. The van der Waals surface area contributed by atoms with Crippen LogP contribution in [0.15, 0.2) is 48.5 Å². The van der Waals surface area contributed by atoms with Gasteiger partial charge in [0.2, 0.25) is 5.91 Å². The minimum absolute atomic E-state index is 0.303. The van der Waals surface area contributed by atoms with Crippen molar-refractivity contribution in [1.82, 2.24) is 4.90 Å². The second-order valence-electron chi connectivity index (χ2n) is 6.10. The molecule has 2 aliphatic rings. The molecule has 2 heterocycles. The summed E-state index contributed by atoms with van der Waals surface area (Å²) < 4.78 is 4.88. The van der Waals surface area contributed by atoms with Gasteiger partial charge in [0.25, 0.3) is 11.8 Å². The van der Waals surface area contributed by atoms with E-state index >= 15 is 0 Å². The molecule has 0 atom stereocenters. The Morgan fingerprint density at radius 1 is 0.963 bits per heavy atom. The quantitative estimate of drug-likeness (QED) is 0.835. The third-order valence-corrected chi connectivity index (χ3v) is 4.40. The van der Waals surface area contributed by atoms with Crippen molar-refractivity contribution in [3.8, 4) is 0 Å². The summed E-state index contributed by atoms with van der Waals surface area (Å²) in [6, 6.07) is 13.1. The second-order valence-corrected chi connectivity index (χ2v) is 6.10. The smallest absolute Gasteiger partial charge is 0.414 e. The number of ether oxygens (including phenoxy) is 1. The zero-order valence-corrected chi connectivity index (χ0v) is 14.2. The van der Waals surface area contributed by atoms with Gasteiger partial charge in [-0.05, 0) is 36.4 Å². The molecule has 0 spiro atoms. The fourth-order valence-corrected chi connectivity index (χ4v) is 3.08. The van der Waals surface area contributed by atoms with Gasteiger partial charge in [0, 0.05) is 11.4 Å². The van der Waals surface area contributed by atoms with E-state index in [4.69, 9.17) is 4.74 Å². The first-order valence-corrected chi connectivity index (χ1v) is 8.34. The number of hydrogen-bond acceptors (Lipinski definition) is 5. The fraction of sp³-hybridized carbons (Fsp3) is 0.158. The molecule has 4 amide bonds. The number of nitrogens with zero attached hydrogens (tertiary/aromatic N) is 2. The zero-order chi connectivity index (χ0) is 19.0. The molecule has 1 saturated heterocycles. The highest BCUT2D eigenvalue weighted by Gasteiger charge is 2.36. The number of hydrogen-bond donors (Lipinski definition) is 1. The Bertz CT molecular complexity index is 919. The van der Waals surface area contributed by atoms with E-state index in [-0.39, 0.29) is 6.54 Å². The van der Waals surface area contributed by atoms with Gasteiger partial charge in [-0.2, -0.15) is 0 Å². The Morgan fingerprint density at radius 2 is 1.59 bits per heavy atom. The van der Waals surface area contributed by atoms with Gasteiger partial charge in [0.1, 0.15) is 13.2 Å². The molecular weight excluding hydrogens is 350 g/mol. The summed E-state index contributed by atoms with van der Waals surface area (Å²) in [6.45, 7) is 0.453. The average Bonchev–Trinajstić information content (AvgIpc) is 3.20. The largest absolute Gasteiger partial charge is 0.447 e. The summed E-state index contributed by atoms with van der Waals surface area (Å²) in [5.41, 5.74) is 1.76. The van der Waals surface area contributed by atoms with E-state index in [2.05, 4.69) is 5.32 Å². The lowest BCUT2D eigenvalue weighted by Gasteiger charge is -2.15. The number of nitrogens with one attached hydrogen (secondary N) is 1. The molecule has 2 aromatic rings. The van der Waals surface area contributed by atoms with Crippen LogP contribution in [0, 0.1) is 0 Å². The Hall–Kier alpha value is -3.68. The van der Waals surface area contributed by atoms with Crippen LogP contribution in [-0.4, -0.2) is 48.4 Å². The van der Waals surface area contributed by atoms with Crippen LogP contribution in [0.3, 0.4) is 0 Å². The van der Waals surface area contributed by atoms with E-state index in [0.717, 1.165) is 4.90 Å². The molecule has 1 fully saturated rings. The minimum Gasteiger partial charge on any atom is -0.447 e. The summed E-state index contributed by atoms with van der Waals surface area (Å²) in [5.74, 6) is -1.44. The number of rotatable bonds is 4. The Kier molecular flexibility index (Phi) is 4.08. The molecule has 0 aliphatic carbocycles. The van der Waals surface area contributed by atoms with E-state index in [0.29, 0.717) is 35.7 Å². The lowest BCUT2D eigenvalue weighted by molar-refractivity contribution is -0.116. The van der Waals surface area contributed by atoms with E-state index < -0.39 is 23.8 Å². The summed E-state index contributed by atoms with van der Waals surface area (Å²) in [7, 11) is 0. The number of anilines is 2. The fourth-order valence-electron chi connectivity index (χ4n) is 3.08. The van der Waals surface area contributed by atoms with Gasteiger partial charge < -0.3 is 10.1 Å². The standard InChI is InChI=1S/C19H15N3O5/c23-16(11-22-17(24)14-3-1-2-4-15(14)18(22)25)20-12-5-7-13(8-6-12)21-9-10-27-19(21)26/h1-8H,9-11H2,(H,20,23). The Balaban J connectivity index is 1.41. The van der Waals surface area contributed by atoms with Gasteiger partial charge in [-0.15, -0.1) is 0 Å². The monoisotopic (exact) mass is 365 g/mol. The lowest BCUT2D eigenvalue weighted by Crippen LogP contribution is -2.37. The Morgan fingerprint density at radius 3 is 2.15 bits per heavy atom. The van der Waals surface area contributed by atoms with Crippen LogP contribution < -0.4 is 10.2 Å². The molecule has 4 rings (SSSR count). The molecule has 0 radical (unpaired) electrons. The van der Waals surface area contributed by atoms with Crippen LogP contribution in [0.1, 0.15) is 20.7 Å². The highest BCUT2D eigenvalue weighted by Crippen LogP contribution is 2.23. The van der Waals surface area contributed by atoms with E-state index in [1.165, 1.54) is 4.90 Å². The molecular formula is C19H15N3O5. The third-order valence-electron chi connectivity index (χ3n) is 4.40. The van der Waals surface area contributed by atoms with Crippen LogP contribution in [0.25, 0.3) is 0 Å². The zero-order valence-electron chi connectivity index (χ0n) is 14.2. The highest BCUT2D eigenvalue weighted by molar-refractivity contribution is 6.22. The van der Waals surface area contributed by atoms with Crippen molar-refractivity contribution in [3.63, 3.8) is 0 Å². The van der Waals surface area contributed by atoms with Gasteiger partial charge in [0.15, 0.2) is 0 Å². The van der Waals surface area contributed by atoms with Crippen molar-refractivity contribution < 1.29 is 23.9 Å². The number of carbonyl (C=O) groups is 4. The summed E-state index contributed by atoms with van der Waals surface area (Å²) in [6.07, 6.45) is -0.405. The van der Waals surface area contributed by atoms with E-state index in [1.807, 2.05) is 0 Å². The second kappa shape index (κ2) is 6.56. The molecule has 0 saturated carbocycles. The number of amides is 4. The maximum atomic E-state index is 12.3. The summed E-state index contributed by atoms with van der Waals surface area (Å²) in [4.78, 5) is 50.8. The highest BCUT2D eigenvalue weighted by atomic mass is 16.6. The lowest BCUT2D eigenvalue weighted by atomic mass is 10.1. The van der Waals surface area contributed by atoms with Crippen molar-refractivity contribution >= 4 is 35.2 Å². The average molecular weight is 365 g/mol. The molecule has 1 N–H and O–H groups in total. The molecule has 0 unspecified atom stereocenters. The number of fused-ring (bicyclic) bond motifs is 1. The van der Waals surface area contributed by atoms with E-state index in [9.17, 15) is 19.2 Å². The minimum atomic E-state index is -0.488. The molecule has 27 heavy (non-hydrogen) atoms. The number of cyclic esters (lactones) is 1. The van der Waals surface area contributed by atoms with Gasteiger partial charge >= 0.3 is 6.09 Å². The molecule has 8 nitrogen and oxygen atoms in total. The molecule has 0 bridgehead atoms. The van der Waals surface area contributed by atoms with Gasteiger partial charge in [-0.1, -0.05) is 12.1 Å². The Labute approximate surface area is 154 Å². The number of benzene rings is 2. The van der Waals surface area contributed by atoms with Crippen molar-refractivity contribution in [3.05, 3.63) is 59.7 Å². The van der Waals surface area contributed by atoms with Gasteiger partial charge in [-0.3, -0.25) is 24.2 Å². The van der Waals surface area contributed by atoms with Crippen LogP contribution >= 0.6 is 0 Å². The molecule has 8 heteroatoms. The van der Waals surface area contributed by atoms with Gasteiger partial charge in [0.05, 0.1) is 17.7 Å². The van der Waals surface area contributed by atoms with Crippen LogP contribution in [0.2, 0.25) is 0 Å². The third kappa shape index (κ3) is 3.01. The van der Waals surface area contributed by atoms with Crippen LogP contribution in [0.4, 0.5) is 16.2 Å². The predicted octanol–water partition coefficient (Wildman–Crippen LogP) is 1.88. The van der Waals surface area contributed by atoms with Crippen molar-refractivity contribution in [2.24, 2.45) is 0 Å². The molecule has 2 aromatic carbocycles. The maximum Gasteiger partial charge on any atom is 0.414 e. The van der Waals surface area contributed by atoms with Crippen LogP contribution in [0.5, 0.6) is 0 Å². The first-order chi connectivity index (χ1) is 13.0. The normalized spacial score (nSPS) is 15.8. The number of carbonyl (C=O) groups excluding carboxylic acids is 4. The van der Waals surface area contributed by atoms with Gasteiger partial charge in [-0.25, -0.2) is 4.79 Å². The predicted molar refractivity (Wildman–Crippen MR) is 95.6 cm³/mol.